The molecule has 0 bridgehead atoms. The van der Waals surface area contributed by atoms with Crippen LogP contribution in [0.3, 0.4) is 0 Å². The third kappa shape index (κ3) is 2.68. The van der Waals surface area contributed by atoms with Crippen molar-refractivity contribution in [1.29, 1.82) is 0 Å². The SMILES string of the molecule is CC(NC1(C(F)(F)F)CC1)c1ccc(Br)cc1Cl. The number of benzene rings is 1. The summed E-state index contributed by atoms with van der Waals surface area (Å²) >= 11 is 9.30. The van der Waals surface area contributed by atoms with Gasteiger partial charge in [0.1, 0.15) is 5.54 Å². The summed E-state index contributed by atoms with van der Waals surface area (Å²) in [4.78, 5) is 0. The highest BCUT2D eigenvalue weighted by Crippen LogP contribution is 2.50. The van der Waals surface area contributed by atoms with E-state index in [1.54, 1.807) is 25.1 Å². The van der Waals surface area contributed by atoms with Gasteiger partial charge in [0.05, 0.1) is 0 Å². The van der Waals surface area contributed by atoms with E-state index in [1.165, 1.54) is 0 Å². The monoisotopic (exact) mass is 341 g/mol. The quantitative estimate of drug-likeness (QED) is 0.828. The zero-order chi connectivity index (χ0) is 13.6. The largest absolute Gasteiger partial charge is 0.406 e. The van der Waals surface area contributed by atoms with Gasteiger partial charge >= 0.3 is 6.18 Å². The van der Waals surface area contributed by atoms with Crippen molar-refractivity contribution in [3.05, 3.63) is 33.3 Å². The molecule has 6 heteroatoms. The molecule has 0 radical (unpaired) electrons. The fourth-order valence-electron chi connectivity index (χ4n) is 1.98. The van der Waals surface area contributed by atoms with Gasteiger partial charge in [-0.15, -0.1) is 0 Å². The van der Waals surface area contributed by atoms with Gasteiger partial charge in [-0.25, -0.2) is 0 Å². The van der Waals surface area contributed by atoms with E-state index in [2.05, 4.69) is 21.2 Å². The van der Waals surface area contributed by atoms with Crippen LogP contribution in [-0.2, 0) is 0 Å². The Morgan fingerprint density at radius 2 is 2.00 bits per heavy atom. The van der Waals surface area contributed by atoms with Gasteiger partial charge in [0.15, 0.2) is 0 Å². The molecular weight excluding hydrogens is 330 g/mol. The maximum atomic E-state index is 12.8. The molecule has 18 heavy (non-hydrogen) atoms. The van der Waals surface area contributed by atoms with E-state index in [9.17, 15) is 13.2 Å². The molecule has 1 nitrogen and oxygen atoms in total. The van der Waals surface area contributed by atoms with E-state index < -0.39 is 17.8 Å². The molecule has 1 atom stereocenters. The molecule has 1 N–H and O–H groups in total. The number of hydrogen-bond donors (Lipinski definition) is 1. The molecule has 0 aliphatic heterocycles. The van der Waals surface area contributed by atoms with Crippen molar-refractivity contribution in [2.45, 2.75) is 37.5 Å². The van der Waals surface area contributed by atoms with Gasteiger partial charge < -0.3 is 0 Å². The molecule has 1 aromatic rings. The second kappa shape index (κ2) is 4.69. The lowest BCUT2D eigenvalue weighted by atomic mass is 10.1. The Balaban J connectivity index is 2.16. The van der Waals surface area contributed by atoms with Crippen LogP contribution in [0.2, 0.25) is 5.02 Å². The second-order valence-electron chi connectivity index (χ2n) is 4.61. The van der Waals surface area contributed by atoms with Gasteiger partial charge in [-0.3, -0.25) is 5.32 Å². The smallest absolute Gasteiger partial charge is 0.297 e. The maximum Gasteiger partial charge on any atom is 0.406 e. The molecule has 100 valence electrons. The van der Waals surface area contributed by atoms with Gasteiger partial charge in [0.2, 0.25) is 0 Å². The number of alkyl halides is 3. The third-order valence-electron chi connectivity index (χ3n) is 3.21. The molecule has 0 amide bonds. The van der Waals surface area contributed by atoms with Gasteiger partial charge in [0.25, 0.3) is 0 Å². The first kappa shape index (κ1) is 14.2. The van der Waals surface area contributed by atoms with Crippen LogP contribution < -0.4 is 5.32 Å². The standard InChI is InChI=1S/C12H12BrClF3N/c1-7(9-3-2-8(13)6-10(9)14)18-11(4-5-11)12(15,16)17/h2-3,6-7,18H,4-5H2,1H3. The molecular formula is C12H12BrClF3N. The maximum absolute atomic E-state index is 12.8. The number of hydrogen-bond acceptors (Lipinski definition) is 1. The molecule has 1 unspecified atom stereocenters. The van der Waals surface area contributed by atoms with Crippen LogP contribution in [0, 0.1) is 0 Å². The molecule has 1 fully saturated rings. The molecule has 0 saturated heterocycles. The number of halogens is 5. The third-order valence-corrected chi connectivity index (χ3v) is 4.04. The molecule has 0 heterocycles. The summed E-state index contributed by atoms with van der Waals surface area (Å²) in [6, 6.07) is 4.75. The summed E-state index contributed by atoms with van der Waals surface area (Å²) in [5.74, 6) is 0. The van der Waals surface area contributed by atoms with Gasteiger partial charge in [-0.1, -0.05) is 33.6 Å². The predicted molar refractivity (Wildman–Crippen MR) is 68.7 cm³/mol. The summed E-state index contributed by atoms with van der Waals surface area (Å²) in [7, 11) is 0. The minimum absolute atomic E-state index is 0.134. The minimum atomic E-state index is -4.21. The fraction of sp³-hybridized carbons (Fsp3) is 0.500. The summed E-state index contributed by atoms with van der Waals surface area (Å²) < 4.78 is 39.3. The lowest BCUT2D eigenvalue weighted by molar-refractivity contribution is -0.167. The molecule has 1 aromatic carbocycles. The van der Waals surface area contributed by atoms with Gasteiger partial charge in [-0.2, -0.15) is 13.2 Å². The van der Waals surface area contributed by atoms with Crippen molar-refractivity contribution in [2.75, 3.05) is 0 Å². The molecule has 1 saturated carbocycles. The number of rotatable bonds is 3. The van der Waals surface area contributed by atoms with E-state index in [1.807, 2.05) is 0 Å². The van der Waals surface area contributed by atoms with Crippen LogP contribution in [0.4, 0.5) is 13.2 Å². The first-order valence-corrected chi connectivity index (χ1v) is 6.72. The van der Waals surface area contributed by atoms with E-state index >= 15 is 0 Å². The second-order valence-corrected chi connectivity index (χ2v) is 5.93. The molecule has 0 spiro atoms. The van der Waals surface area contributed by atoms with E-state index in [0.717, 1.165) is 4.47 Å². The molecule has 2 rings (SSSR count). The van der Waals surface area contributed by atoms with E-state index in [-0.39, 0.29) is 12.8 Å². The Morgan fingerprint density at radius 3 is 2.44 bits per heavy atom. The lowest BCUT2D eigenvalue weighted by Gasteiger charge is -2.26. The average molecular weight is 343 g/mol. The van der Waals surface area contributed by atoms with Crippen LogP contribution >= 0.6 is 27.5 Å². The lowest BCUT2D eigenvalue weighted by Crippen LogP contribution is -2.45. The van der Waals surface area contributed by atoms with Crippen molar-refractivity contribution in [1.82, 2.24) is 5.32 Å². The highest BCUT2D eigenvalue weighted by atomic mass is 79.9. The zero-order valence-electron chi connectivity index (χ0n) is 9.61. The van der Waals surface area contributed by atoms with Gasteiger partial charge in [-0.05, 0) is 37.5 Å². The Morgan fingerprint density at radius 1 is 1.39 bits per heavy atom. The first-order valence-electron chi connectivity index (χ1n) is 5.54. The van der Waals surface area contributed by atoms with Crippen LogP contribution in [0.25, 0.3) is 0 Å². The Hall–Kier alpha value is -0.260. The molecule has 0 aromatic heterocycles. The molecule has 1 aliphatic rings. The first-order chi connectivity index (χ1) is 8.25. The van der Waals surface area contributed by atoms with Crippen LogP contribution in [-0.4, -0.2) is 11.7 Å². The van der Waals surface area contributed by atoms with Crippen molar-refractivity contribution < 1.29 is 13.2 Å². The highest BCUT2D eigenvalue weighted by Gasteiger charge is 2.63. The Labute approximate surface area is 117 Å². The minimum Gasteiger partial charge on any atom is -0.297 e. The number of nitrogens with one attached hydrogen (secondary N) is 1. The summed E-state index contributed by atoms with van der Waals surface area (Å²) in [5.41, 5.74) is -1.04. The van der Waals surface area contributed by atoms with Crippen LogP contribution in [0.15, 0.2) is 22.7 Å². The zero-order valence-corrected chi connectivity index (χ0v) is 12.0. The summed E-state index contributed by atoms with van der Waals surface area (Å²) in [6.07, 6.45) is -3.94. The predicted octanol–water partition coefficient (Wildman–Crippen LogP) is 4.85. The normalized spacial score (nSPS) is 19.7. The van der Waals surface area contributed by atoms with Crippen molar-refractivity contribution in [3.8, 4) is 0 Å². The average Bonchev–Trinajstić information content (AvgIpc) is 2.97. The fourth-order valence-corrected chi connectivity index (χ4v) is 2.82. The topological polar surface area (TPSA) is 12.0 Å². The molecule has 1 aliphatic carbocycles. The van der Waals surface area contributed by atoms with Gasteiger partial charge in [0, 0.05) is 15.5 Å². The summed E-state index contributed by atoms with van der Waals surface area (Å²) in [6.45, 7) is 1.70. The van der Waals surface area contributed by atoms with Crippen molar-refractivity contribution in [3.63, 3.8) is 0 Å². The highest BCUT2D eigenvalue weighted by molar-refractivity contribution is 9.10. The Kier molecular flexibility index (Phi) is 3.69. The van der Waals surface area contributed by atoms with E-state index in [0.29, 0.717) is 10.6 Å². The Bertz CT molecular complexity index is 457. The summed E-state index contributed by atoms with van der Waals surface area (Å²) in [5, 5.41) is 3.12. The van der Waals surface area contributed by atoms with Crippen molar-refractivity contribution in [2.24, 2.45) is 0 Å². The van der Waals surface area contributed by atoms with Crippen LogP contribution in [0.1, 0.15) is 31.4 Å². The van der Waals surface area contributed by atoms with E-state index in [4.69, 9.17) is 11.6 Å². The van der Waals surface area contributed by atoms with Crippen LogP contribution in [0.5, 0.6) is 0 Å². The van der Waals surface area contributed by atoms with Crippen molar-refractivity contribution >= 4 is 27.5 Å².